The summed E-state index contributed by atoms with van der Waals surface area (Å²) in [4.78, 5) is 25.0. The van der Waals surface area contributed by atoms with Crippen molar-refractivity contribution in [3.8, 4) is 0 Å². The van der Waals surface area contributed by atoms with Crippen LogP contribution in [-0.4, -0.2) is 67.4 Å². The quantitative estimate of drug-likeness (QED) is 0.654. The van der Waals surface area contributed by atoms with Crippen LogP contribution >= 0.6 is 0 Å². The lowest BCUT2D eigenvalue weighted by atomic mass is 10.0. The van der Waals surface area contributed by atoms with Crippen LogP contribution in [0.4, 0.5) is 4.79 Å². The van der Waals surface area contributed by atoms with Gasteiger partial charge in [0, 0.05) is 19.1 Å². The summed E-state index contributed by atoms with van der Waals surface area (Å²) in [5.74, 6) is -1.59. The summed E-state index contributed by atoms with van der Waals surface area (Å²) in [5.41, 5.74) is 0. The Kier molecular flexibility index (Phi) is 5.81. The third-order valence-electron chi connectivity index (χ3n) is 4.41. The van der Waals surface area contributed by atoms with E-state index in [0.717, 1.165) is 6.54 Å². The Morgan fingerprint density at radius 3 is 2.67 bits per heavy atom. The van der Waals surface area contributed by atoms with E-state index in [1.165, 1.54) is 25.7 Å². The summed E-state index contributed by atoms with van der Waals surface area (Å²) in [5, 5.41) is 14.5. The lowest BCUT2D eigenvalue weighted by Crippen LogP contribution is -2.48. The van der Waals surface area contributed by atoms with Crippen molar-refractivity contribution < 1.29 is 19.4 Å². The highest BCUT2D eigenvalue weighted by Gasteiger charge is 2.35. The SMILES string of the molecule is CN(CCNC(=O)NC1COCC1C(=O)O)C1CCCC1. The molecule has 2 amide bonds. The molecule has 0 radical (unpaired) electrons. The zero-order chi connectivity index (χ0) is 15.2. The lowest BCUT2D eigenvalue weighted by Gasteiger charge is -2.24. The lowest BCUT2D eigenvalue weighted by molar-refractivity contribution is -0.142. The van der Waals surface area contributed by atoms with Crippen molar-refractivity contribution in [1.82, 2.24) is 15.5 Å². The molecule has 0 aromatic heterocycles. The summed E-state index contributed by atoms with van der Waals surface area (Å²) >= 11 is 0. The van der Waals surface area contributed by atoms with E-state index in [1.54, 1.807) is 0 Å². The van der Waals surface area contributed by atoms with E-state index in [1.807, 2.05) is 0 Å². The fourth-order valence-electron chi connectivity index (χ4n) is 3.03. The van der Waals surface area contributed by atoms with Crippen LogP contribution in [0.3, 0.4) is 0 Å². The van der Waals surface area contributed by atoms with Gasteiger partial charge in [-0.05, 0) is 19.9 Å². The Balaban J connectivity index is 1.64. The average molecular weight is 299 g/mol. The van der Waals surface area contributed by atoms with Gasteiger partial charge in [0.15, 0.2) is 0 Å². The molecule has 1 saturated carbocycles. The summed E-state index contributed by atoms with van der Waals surface area (Å²) in [7, 11) is 2.08. The number of likely N-dealkylation sites (N-methyl/N-ethyl adjacent to an activating group) is 1. The normalized spacial score (nSPS) is 26.2. The second-order valence-electron chi connectivity index (χ2n) is 5.91. The fourth-order valence-corrected chi connectivity index (χ4v) is 3.03. The van der Waals surface area contributed by atoms with Crippen LogP contribution in [0.2, 0.25) is 0 Å². The maximum atomic E-state index is 11.8. The molecule has 2 rings (SSSR count). The Morgan fingerprint density at radius 2 is 2.00 bits per heavy atom. The topological polar surface area (TPSA) is 90.9 Å². The maximum Gasteiger partial charge on any atom is 0.315 e. The smallest absolute Gasteiger partial charge is 0.315 e. The summed E-state index contributed by atoms with van der Waals surface area (Å²) in [6, 6.07) is -0.138. The number of ether oxygens (including phenoxy) is 1. The number of nitrogens with zero attached hydrogens (tertiary/aromatic N) is 1. The van der Waals surface area contributed by atoms with Crippen molar-refractivity contribution in [2.75, 3.05) is 33.4 Å². The van der Waals surface area contributed by atoms with Gasteiger partial charge in [0.25, 0.3) is 0 Å². The molecule has 0 bridgehead atoms. The molecular weight excluding hydrogens is 274 g/mol. The first-order chi connectivity index (χ1) is 10.1. The number of aliphatic carboxylic acids is 1. The molecule has 0 spiro atoms. The molecule has 120 valence electrons. The molecule has 1 saturated heterocycles. The minimum absolute atomic E-state index is 0.157. The van der Waals surface area contributed by atoms with Crippen LogP contribution < -0.4 is 10.6 Å². The molecule has 3 N–H and O–H groups in total. The number of carbonyl (C=O) groups excluding carboxylic acids is 1. The third-order valence-corrected chi connectivity index (χ3v) is 4.41. The summed E-state index contributed by atoms with van der Waals surface area (Å²) < 4.78 is 5.11. The van der Waals surface area contributed by atoms with Crippen LogP contribution in [0.1, 0.15) is 25.7 Å². The van der Waals surface area contributed by atoms with E-state index >= 15 is 0 Å². The van der Waals surface area contributed by atoms with E-state index in [9.17, 15) is 9.59 Å². The first-order valence-electron chi connectivity index (χ1n) is 7.63. The van der Waals surface area contributed by atoms with Crippen molar-refractivity contribution in [1.29, 1.82) is 0 Å². The molecule has 7 nitrogen and oxygen atoms in total. The second kappa shape index (κ2) is 7.61. The van der Waals surface area contributed by atoms with Crippen molar-refractivity contribution in [3.63, 3.8) is 0 Å². The van der Waals surface area contributed by atoms with Gasteiger partial charge in [0.2, 0.25) is 0 Å². The van der Waals surface area contributed by atoms with Crippen LogP contribution in [0.5, 0.6) is 0 Å². The highest BCUT2D eigenvalue weighted by Crippen LogP contribution is 2.21. The summed E-state index contributed by atoms with van der Waals surface area (Å²) in [6.07, 6.45) is 5.06. The molecule has 1 aliphatic carbocycles. The third kappa shape index (κ3) is 4.57. The minimum atomic E-state index is -0.932. The van der Waals surface area contributed by atoms with Gasteiger partial charge in [0.1, 0.15) is 5.92 Å². The number of rotatable bonds is 6. The molecule has 1 heterocycles. The second-order valence-corrected chi connectivity index (χ2v) is 5.91. The number of urea groups is 1. The van der Waals surface area contributed by atoms with Crippen LogP contribution in [0, 0.1) is 5.92 Å². The number of hydrogen-bond donors (Lipinski definition) is 3. The van der Waals surface area contributed by atoms with E-state index in [0.29, 0.717) is 12.6 Å². The first kappa shape index (κ1) is 16.0. The van der Waals surface area contributed by atoms with Crippen molar-refractivity contribution in [2.45, 2.75) is 37.8 Å². The Bertz CT molecular complexity index is 371. The monoisotopic (exact) mass is 299 g/mol. The molecule has 7 heteroatoms. The van der Waals surface area contributed by atoms with E-state index in [-0.39, 0.29) is 19.2 Å². The molecule has 2 fully saturated rings. The van der Waals surface area contributed by atoms with Gasteiger partial charge in [-0.15, -0.1) is 0 Å². The van der Waals surface area contributed by atoms with Gasteiger partial charge in [0.05, 0.1) is 19.3 Å². The first-order valence-corrected chi connectivity index (χ1v) is 7.63. The fraction of sp³-hybridized carbons (Fsp3) is 0.857. The van der Waals surface area contributed by atoms with Crippen molar-refractivity contribution in [2.24, 2.45) is 5.92 Å². The van der Waals surface area contributed by atoms with Gasteiger partial charge in [-0.2, -0.15) is 0 Å². The Morgan fingerprint density at radius 1 is 1.29 bits per heavy atom. The molecule has 0 aromatic rings. The van der Waals surface area contributed by atoms with Gasteiger partial charge in [-0.25, -0.2) is 4.79 Å². The Labute approximate surface area is 125 Å². The number of nitrogens with one attached hydrogen (secondary N) is 2. The predicted molar refractivity (Wildman–Crippen MR) is 77.2 cm³/mol. The highest BCUT2D eigenvalue weighted by molar-refractivity contribution is 5.77. The van der Waals surface area contributed by atoms with E-state index in [4.69, 9.17) is 9.84 Å². The highest BCUT2D eigenvalue weighted by atomic mass is 16.5. The number of amides is 2. The Hall–Kier alpha value is -1.34. The molecule has 1 aliphatic heterocycles. The van der Waals surface area contributed by atoms with Crippen LogP contribution in [-0.2, 0) is 9.53 Å². The van der Waals surface area contributed by atoms with Crippen molar-refractivity contribution >= 4 is 12.0 Å². The number of hydrogen-bond acceptors (Lipinski definition) is 4. The minimum Gasteiger partial charge on any atom is -0.481 e. The maximum absolute atomic E-state index is 11.8. The van der Waals surface area contributed by atoms with Gasteiger partial charge < -0.3 is 25.4 Å². The standard InChI is InChI=1S/C14H25N3O4/c1-17(10-4-2-3-5-10)7-6-15-14(20)16-12-9-21-8-11(12)13(18)19/h10-12H,2-9H2,1H3,(H,18,19)(H2,15,16,20). The molecule has 0 aromatic carbocycles. The van der Waals surface area contributed by atoms with Gasteiger partial charge >= 0.3 is 12.0 Å². The number of carboxylic acids is 1. The molecular formula is C14H25N3O4. The largest absolute Gasteiger partial charge is 0.481 e. The van der Waals surface area contributed by atoms with Crippen LogP contribution in [0.25, 0.3) is 0 Å². The molecule has 2 unspecified atom stereocenters. The zero-order valence-corrected chi connectivity index (χ0v) is 12.5. The molecule has 21 heavy (non-hydrogen) atoms. The zero-order valence-electron chi connectivity index (χ0n) is 12.5. The van der Waals surface area contributed by atoms with E-state index < -0.39 is 17.9 Å². The number of carbonyl (C=O) groups is 2. The predicted octanol–water partition coefficient (Wildman–Crippen LogP) is 0.260. The molecule has 2 aliphatic rings. The van der Waals surface area contributed by atoms with Crippen LogP contribution in [0.15, 0.2) is 0 Å². The number of carboxylic acid groups (broad SMARTS) is 1. The van der Waals surface area contributed by atoms with Crippen molar-refractivity contribution in [3.05, 3.63) is 0 Å². The van der Waals surface area contributed by atoms with E-state index in [2.05, 4.69) is 22.6 Å². The van der Waals surface area contributed by atoms with Gasteiger partial charge in [-0.1, -0.05) is 12.8 Å². The average Bonchev–Trinajstić information content (AvgIpc) is 3.09. The van der Waals surface area contributed by atoms with Gasteiger partial charge in [-0.3, -0.25) is 4.79 Å². The summed E-state index contributed by atoms with van der Waals surface area (Å²) in [6.45, 7) is 1.78. The molecule has 2 atom stereocenters.